The molecule has 0 spiro atoms. The van der Waals surface area contributed by atoms with E-state index in [0.717, 1.165) is 42.9 Å². The molecule has 27 heavy (non-hydrogen) atoms. The summed E-state index contributed by atoms with van der Waals surface area (Å²) in [5.74, 6) is -2.20. The van der Waals surface area contributed by atoms with Crippen LogP contribution < -0.4 is 27.4 Å². The Balaban J connectivity index is 1.93. The van der Waals surface area contributed by atoms with Gasteiger partial charge in [-0.1, -0.05) is 0 Å². The number of carbonyl (C=O) groups is 2. The van der Waals surface area contributed by atoms with Gasteiger partial charge < -0.3 is 22.1 Å². The zero-order valence-electron chi connectivity index (χ0n) is 14.3. The van der Waals surface area contributed by atoms with E-state index in [0.29, 0.717) is 11.4 Å². The second-order valence-corrected chi connectivity index (χ2v) is 7.27. The predicted octanol–water partition coefficient (Wildman–Crippen LogP) is 2.25. The summed E-state index contributed by atoms with van der Waals surface area (Å²) in [6.07, 6.45) is 1.78. The molecule has 0 saturated carbocycles. The van der Waals surface area contributed by atoms with E-state index < -0.39 is 29.3 Å². The number of nitrogens with one attached hydrogen (secondary N) is 3. The summed E-state index contributed by atoms with van der Waals surface area (Å²) < 4.78 is 27.5. The quantitative estimate of drug-likeness (QED) is 0.510. The van der Waals surface area contributed by atoms with Gasteiger partial charge in [0.15, 0.2) is 0 Å². The van der Waals surface area contributed by atoms with E-state index in [1.54, 1.807) is 0 Å². The fourth-order valence-electron chi connectivity index (χ4n) is 2.87. The van der Waals surface area contributed by atoms with Gasteiger partial charge in [0.05, 0.1) is 5.56 Å². The molecule has 1 aromatic carbocycles. The molecular formula is C17H19F2N5O2S. The van der Waals surface area contributed by atoms with Crippen molar-refractivity contribution in [3.8, 4) is 10.4 Å². The van der Waals surface area contributed by atoms with Crippen LogP contribution in [0.5, 0.6) is 0 Å². The van der Waals surface area contributed by atoms with Gasteiger partial charge in [-0.25, -0.2) is 13.6 Å². The van der Waals surface area contributed by atoms with Crippen molar-refractivity contribution >= 4 is 34.0 Å². The number of anilines is 2. The predicted molar refractivity (Wildman–Crippen MR) is 101 cm³/mol. The molecule has 0 unspecified atom stereocenters. The van der Waals surface area contributed by atoms with Gasteiger partial charge in [-0.3, -0.25) is 10.1 Å². The summed E-state index contributed by atoms with van der Waals surface area (Å²) in [6, 6.07) is 2.73. The maximum atomic E-state index is 13.8. The van der Waals surface area contributed by atoms with Gasteiger partial charge in [-0.15, -0.1) is 11.3 Å². The first-order chi connectivity index (χ1) is 12.8. The second-order valence-electron chi connectivity index (χ2n) is 6.21. The third-order valence-electron chi connectivity index (χ3n) is 4.21. The molecule has 0 aliphatic carbocycles. The Morgan fingerprint density at radius 3 is 2.52 bits per heavy atom. The lowest BCUT2D eigenvalue weighted by Gasteiger charge is -2.23. The molecule has 7 nitrogen and oxygen atoms in total. The number of piperidine rings is 1. The van der Waals surface area contributed by atoms with Crippen LogP contribution in [0.4, 0.5) is 24.3 Å². The molecule has 3 amide bonds. The zero-order chi connectivity index (χ0) is 19.6. The fraction of sp³-hybridized carbons (Fsp3) is 0.294. The molecule has 2 aromatic rings. The Morgan fingerprint density at radius 2 is 1.93 bits per heavy atom. The number of urea groups is 1. The minimum Gasteiger partial charge on any atom is -0.394 e. The molecule has 7 N–H and O–H groups in total. The van der Waals surface area contributed by atoms with Crippen molar-refractivity contribution in [3.63, 3.8) is 0 Å². The average molecular weight is 395 g/mol. The third kappa shape index (κ3) is 4.34. The molecule has 1 aromatic heterocycles. The standard InChI is InChI=1S/C17H19F2N5O2S/c18-11-4-8(5-12(19)14(11)20)13-6-10(16(27-13)24-17(21)26)15(25)23-9-2-1-3-22-7-9/h4-6,9,22H,1-3,7,20H2,(H,23,25)(H3,21,24,26)/t9-/m0/s1. The topological polar surface area (TPSA) is 122 Å². The number of nitrogen functional groups attached to an aromatic ring is 1. The smallest absolute Gasteiger partial charge is 0.317 e. The number of carbonyl (C=O) groups excluding carboxylic acids is 2. The molecule has 0 radical (unpaired) electrons. The first-order valence-corrected chi connectivity index (χ1v) is 9.13. The highest BCUT2D eigenvalue weighted by molar-refractivity contribution is 7.20. The lowest BCUT2D eigenvalue weighted by atomic mass is 10.1. The van der Waals surface area contributed by atoms with Crippen LogP contribution in [0.2, 0.25) is 0 Å². The van der Waals surface area contributed by atoms with Gasteiger partial charge in [0.25, 0.3) is 5.91 Å². The van der Waals surface area contributed by atoms with Crippen LogP contribution in [0.25, 0.3) is 10.4 Å². The highest BCUT2D eigenvalue weighted by Gasteiger charge is 2.22. The van der Waals surface area contributed by atoms with Gasteiger partial charge in [-0.05, 0) is 43.1 Å². The first kappa shape index (κ1) is 19.1. The van der Waals surface area contributed by atoms with Crippen LogP contribution in [0.1, 0.15) is 23.2 Å². The van der Waals surface area contributed by atoms with Crippen LogP contribution in [0.15, 0.2) is 18.2 Å². The average Bonchev–Trinajstić information content (AvgIpc) is 3.03. The van der Waals surface area contributed by atoms with Crippen molar-refractivity contribution in [2.24, 2.45) is 5.73 Å². The number of amides is 3. The Labute approximate surface area is 158 Å². The number of thiophene rings is 1. The number of benzene rings is 1. The molecule has 144 valence electrons. The lowest BCUT2D eigenvalue weighted by molar-refractivity contribution is 0.0932. The molecule has 1 saturated heterocycles. The van der Waals surface area contributed by atoms with Gasteiger partial charge in [0.1, 0.15) is 22.3 Å². The monoisotopic (exact) mass is 395 g/mol. The molecular weight excluding hydrogens is 376 g/mol. The van der Waals surface area contributed by atoms with Gasteiger partial charge in [0, 0.05) is 17.5 Å². The molecule has 1 atom stereocenters. The molecule has 2 heterocycles. The summed E-state index contributed by atoms with van der Waals surface area (Å²) in [5.41, 5.74) is 10.3. The number of hydrogen-bond acceptors (Lipinski definition) is 5. The van der Waals surface area contributed by atoms with E-state index >= 15 is 0 Å². The summed E-state index contributed by atoms with van der Waals surface area (Å²) >= 11 is 0.992. The van der Waals surface area contributed by atoms with Crippen molar-refractivity contribution in [1.29, 1.82) is 0 Å². The maximum absolute atomic E-state index is 13.8. The lowest BCUT2D eigenvalue weighted by Crippen LogP contribution is -2.45. The van der Waals surface area contributed by atoms with E-state index in [1.807, 2.05) is 0 Å². The number of primary amides is 1. The van der Waals surface area contributed by atoms with Crippen LogP contribution in [-0.4, -0.2) is 31.1 Å². The van der Waals surface area contributed by atoms with E-state index in [2.05, 4.69) is 16.0 Å². The zero-order valence-corrected chi connectivity index (χ0v) is 15.1. The van der Waals surface area contributed by atoms with Crippen LogP contribution in [0.3, 0.4) is 0 Å². The minimum atomic E-state index is -0.901. The Morgan fingerprint density at radius 1 is 1.22 bits per heavy atom. The molecule has 1 aliphatic rings. The maximum Gasteiger partial charge on any atom is 0.317 e. The summed E-state index contributed by atoms with van der Waals surface area (Å²) in [6.45, 7) is 1.55. The summed E-state index contributed by atoms with van der Waals surface area (Å²) in [5, 5.41) is 8.68. The van der Waals surface area contributed by atoms with Gasteiger partial charge in [-0.2, -0.15) is 0 Å². The third-order valence-corrected chi connectivity index (χ3v) is 5.31. The number of nitrogens with two attached hydrogens (primary N) is 2. The summed E-state index contributed by atoms with van der Waals surface area (Å²) in [4.78, 5) is 24.3. The second kappa shape index (κ2) is 7.89. The van der Waals surface area contributed by atoms with Crippen LogP contribution in [-0.2, 0) is 0 Å². The van der Waals surface area contributed by atoms with E-state index in [4.69, 9.17) is 11.5 Å². The van der Waals surface area contributed by atoms with Crippen molar-refractivity contribution in [2.75, 3.05) is 24.1 Å². The highest BCUT2D eigenvalue weighted by atomic mass is 32.1. The Hall–Kier alpha value is -2.72. The van der Waals surface area contributed by atoms with Crippen molar-refractivity contribution in [1.82, 2.24) is 10.6 Å². The minimum absolute atomic E-state index is 0.0394. The van der Waals surface area contributed by atoms with E-state index in [1.165, 1.54) is 6.07 Å². The number of rotatable bonds is 4. The first-order valence-electron chi connectivity index (χ1n) is 8.32. The molecule has 0 bridgehead atoms. The Bertz CT molecular complexity index is 857. The van der Waals surface area contributed by atoms with Gasteiger partial charge >= 0.3 is 6.03 Å². The summed E-state index contributed by atoms with van der Waals surface area (Å²) in [7, 11) is 0. The number of halogens is 2. The molecule has 1 aliphatic heterocycles. The van der Waals surface area contributed by atoms with Crippen molar-refractivity contribution in [2.45, 2.75) is 18.9 Å². The normalized spacial score (nSPS) is 16.7. The fourth-order valence-corrected chi connectivity index (χ4v) is 3.92. The van der Waals surface area contributed by atoms with E-state index in [-0.39, 0.29) is 22.2 Å². The van der Waals surface area contributed by atoms with Crippen LogP contribution >= 0.6 is 11.3 Å². The SMILES string of the molecule is NC(=O)Nc1sc(-c2cc(F)c(N)c(F)c2)cc1C(=O)N[C@H]1CCCNC1. The largest absolute Gasteiger partial charge is 0.394 e. The highest BCUT2D eigenvalue weighted by Crippen LogP contribution is 2.37. The van der Waals surface area contributed by atoms with Crippen LogP contribution in [0, 0.1) is 11.6 Å². The Kier molecular flexibility index (Phi) is 5.57. The molecule has 1 fully saturated rings. The molecule has 10 heteroatoms. The molecule has 3 rings (SSSR count). The van der Waals surface area contributed by atoms with Crippen molar-refractivity contribution < 1.29 is 18.4 Å². The van der Waals surface area contributed by atoms with E-state index in [9.17, 15) is 18.4 Å². The number of hydrogen-bond donors (Lipinski definition) is 5. The van der Waals surface area contributed by atoms with Gasteiger partial charge in [0.2, 0.25) is 0 Å². The van der Waals surface area contributed by atoms with Crippen molar-refractivity contribution in [3.05, 3.63) is 35.4 Å².